The van der Waals surface area contributed by atoms with Gasteiger partial charge in [0.25, 0.3) is 5.91 Å². The van der Waals surface area contributed by atoms with Crippen molar-refractivity contribution >= 4 is 41.8 Å². The molecule has 0 saturated carbocycles. The molecule has 148 valence electrons. The molecule has 11 heteroatoms. The van der Waals surface area contributed by atoms with E-state index in [1.54, 1.807) is 18.3 Å². The number of carbonyl (C=O) groups excluding carboxylic acids is 4. The van der Waals surface area contributed by atoms with Crippen LogP contribution in [0.2, 0.25) is 0 Å². The van der Waals surface area contributed by atoms with E-state index in [9.17, 15) is 29.1 Å². The zero-order valence-electron chi connectivity index (χ0n) is 14.8. The van der Waals surface area contributed by atoms with Crippen LogP contribution in [-0.2, 0) is 30.5 Å². The van der Waals surface area contributed by atoms with Crippen molar-refractivity contribution < 1.29 is 33.8 Å². The molecule has 1 aromatic rings. The zero-order chi connectivity index (χ0) is 20.4. The Labute approximate surface area is 163 Å². The molecule has 0 spiro atoms. The Morgan fingerprint density at radius 2 is 2.18 bits per heavy atom. The van der Waals surface area contributed by atoms with Gasteiger partial charge in [-0.25, -0.2) is 4.79 Å². The number of carboxylic acid groups (broad SMARTS) is 1. The molecule has 3 rings (SSSR count). The fraction of sp³-hybridized carbons (Fsp3) is 0.353. The number of carboxylic acids is 1. The van der Waals surface area contributed by atoms with Crippen LogP contribution in [0.4, 0.5) is 0 Å². The van der Waals surface area contributed by atoms with Crippen molar-refractivity contribution in [3.05, 3.63) is 35.3 Å². The summed E-state index contributed by atoms with van der Waals surface area (Å²) in [7, 11) is 0. The lowest BCUT2D eigenvalue weighted by Crippen LogP contribution is -2.70. The Hall–Kier alpha value is -3.08. The molecule has 0 bridgehead atoms. The monoisotopic (exact) mass is 407 g/mol. The van der Waals surface area contributed by atoms with Crippen LogP contribution in [0, 0.1) is 0 Å². The van der Waals surface area contributed by atoms with Gasteiger partial charge in [-0.2, -0.15) is 0 Å². The Bertz CT molecular complexity index is 891. The first-order valence-electron chi connectivity index (χ1n) is 8.26. The van der Waals surface area contributed by atoms with Gasteiger partial charge in [0.15, 0.2) is 6.29 Å². The van der Waals surface area contributed by atoms with Gasteiger partial charge >= 0.3 is 11.9 Å². The minimum absolute atomic E-state index is 0.137. The maximum absolute atomic E-state index is 12.5. The molecule has 0 aromatic carbocycles. The number of carbonyl (C=O) groups is 5. The van der Waals surface area contributed by atoms with Crippen LogP contribution in [0.15, 0.2) is 29.6 Å². The normalized spacial score (nSPS) is 20.9. The Morgan fingerprint density at radius 3 is 2.82 bits per heavy atom. The second-order valence-electron chi connectivity index (χ2n) is 6.17. The van der Waals surface area contributed by atoms with Crippen LogP contribution in [0.1, 0.15) is 17.4 Å². The summed E-state index contributed by atoms with van der Waals surface area (Å²) in [5.41, 5.74) is 0.439. The highest BCUT2D eigenvalue weighted by molar-refractivity contribution is 8.00. The second-order valence-corrected chi connectivity index (χ2v) is 7.28. The molecule has 1 aromatic heterocycles. The van der Waals surface area contributed by atoms with Crippen molar-refractivity contribution in [3.8, 4) is 0 Å². The number of thioether (sulfide) groups is 1. The van der Waals surface area contributed by atoms with Crippen LogP contribution < -0.4 is 5.32 Å². The molecule has 1 saturated heterocycles. The number of nitrogens with zero attached hydrogens (tertiary/aromatic N) is 2. The molecule has 2 atom stereocenters. The van der Waals surface area contributed by atoms with Crippen molar-refractivity contribution in [2.75, 3.05) is 12.4 Å². The molecule has 2 N–H and O–H groups in total. The van der Waals surface area contributed by atoms with E-state index in [4.69, 9.17) is 4.74 Å². The Kier molecular flexibility index (Phi) is 5.54. The number of β-lactam (4-membered cyclic amide) rings is 1. The van der Waals surface area contributed by atoms with E-state index in [-0.39, 0.29) is 24.6 Å². The molecule has 2 amide bonds. The van der Waals surface area contributed by atoms with Gasteiger partial charge in [-0.1, -0.05) is 0 Å². The second kappa shape index (κ2) is 7.89. The SMILES string of the molecule is CC(=O)OCC1=C(C(=O)O)N2C(=O)C(NC(=O)Cn3cccc3C=O)C2SC1. The summed E-state index contributed by atoms with van der Waals surface area (Å²) in [6.45, 7) is 0.863. The number of aldehydes is 1. The maximum Gasteiger partial charge on any atom is 0.352 e. The van der Waals surface area contributed by atoms with Crippen molar-refractivity contribution in [2.24, 2.45) is 0 Å². The maximum atomic E-state index is 12.5. The summed E-state index contributed by atoms with van der Waals surface area (Å²) in [5.74, 6) is -2.61. The fourth-order valence-electron chi connectivity index (χ4n) is 3.04. The van der Waals surface area contributed by atoms with Crippen LogP contribution in [0.25, 0.3) is 0 Å². The number of rotatable bonds is 7. The minimum atomic E-state index is -1.30. The Balaban J connectivity index is 1.69. The summed E-state index contributed by atoms with van der Waals surface area (Å²) in [5, 5.41) is 11.5. The number of amides is 2. The number of ether oxygens (including phenoxy) is 1. The number of esters is 1. The van der Waals surface area contributed by atoms with Crippen LogP contribution in [-0.4, -0.2) is 68.4 Å². The lowest BCUT2D eigenvalue weighted by atomic mass is 10.0. The highest BCUT2D eigenvalue weighted by Crippen LogP contribution is 2.40. The molecule has 10 nitrogen and oxygen atoms in total. The molecular formula is C17H17N3O7S. The lowest BCUT2D eigenvalue weighted by molar-refractivity contribution is -0.151. The third-order valence-electron chi connectivity index (χ3n) is 4.32. The quantitative estimate of drug-likeness (QED) is 0.354. The minimum Gasteiger partial charge on any atom is -0.477 e. The summed E-state index contributed by atoms with van der Waals surface area (Å²) in [6.07, 6.45) is 2.19. The predicted octanol–water partition coefficient (Wildman–Crippen LogP) is -0.398. The van der Waals surface area contributed by atoms with Crippen molar-refractivity contribution in [1.82, 2.24) is 14.8 Å². The van der Waals surface area contributed by atoms with Gasteiger partial charge in [0.1, 0.15) is 30.3 Å². The van der Waals surface area contributed by atoms with E-state index >= 15 is 0 Å². The van der Waals surface area contributed by atoms with Crippen LogP contribution in [0.3, 0.4) is 0 Å². The molecule has 1 fully saturated rings. The van der Waals surface area contributed by atoms with E-state index in [1.165, 1.54) is 23.3 Å². The smallest absolute Gasteiger partial charge is 0.352 e. The van der Waals surface area contributed by atoms with Crippen LogP contribution >= 0.6 is 11.8 Å². The first-order chi connectivity index (χ1) is 13.3. The number of hydrogen-bond acceptors (Lipinski definition) is 7. The van der Waals surface area contributed by atoms with Gasteiger partial charge in [0, 0.05) is 24.4 Å². The summed E-state index contributed by atoms with van der Waals surface area (Å²) in [4.78, 5) is 59.4. The number of aromatic nitrogens is 1. The molecule has 0 radical (unpaired) electrons. The first kappa shape index (κ1) is 19.7. The summed E-state index contributed by atoms with van der Waals surface area (Å²) in [6, 6.07) is 2.32. The Morgan fingerprint density at radius 1 is 1.43 bits per heavy atom. The molecule has 0 aliphatic carbocycles. The highest BCUT2D eigenvalue weighted by atomic mass is 32.2. The van der Waals surface area contributed by atoms with E-state index in [2.05, 4.69) is 5.32 Å². The van der Waals surface area contributed by atoms with E-state index in [0.29, 0.717) is 17.6 Å². The summed E-state index contributed by atoms with van der Waals surface area (Å²) >= 11 is 1.28. The number of hydrogen-bond donors (Lipinski definition) is 2. The van der Waals surface area contributed by atoms with E-state index in [0.717, 1.165) is 4.90 Å². The van der Waals surface area contributed by atoms with Gasteiger partial charge in [0.05, 0.1) is 5.69 Å². The average Bonchev–Trinajstić information content (AvgIpc) is 3.10. The standard InChI is InChI=1S/C17H17N3O7S/c1-9(22)27-7-10-8-28-16-13(15(24)20(16)14(10)17(25)26)18-12(23)5-19-4-2-3-11(19)6-21/h2-4,6,13,16H,5,7-8H2,1H3,(H,18,23)(H,25,26). The largest absolute Gasteiger partial charge is 0.477 e. The van der Waals surface area contributed by atoms with Gasteiger partial charge in [-0.15, -0.1) is 11.8 Å². The number of fused-ring (bicyclic) bond motifs is 1. The fourth-order valence-corrected chi connectivity index (χ4v) is 4.36. The molecule has 2 unspecified atom stereocenters. The summed E-state index contributed by atoms with van der Waals surface area (Å²) < 4.78 is 6.31. The third-order valence-corrected chi connectivity index (χ3v) is 5.65. The molecule has 3 heterocycles. The van der Waals surface area contributed by atoms with Crippen molar-refractivity contribution in [3.63, 3.8) is 0 Å². The molecule has 28 heavy (non-hydrogen) atoms. The van der Waals surface area contributed by atoms with Gasteiger partial charge in [0.2, 0.25) is 5.91 Å². The van der Waals surface area contributed by atoms with Gasteiger partial charge in [-0.05, 0) is 12.1 Å². The lowest BCUT2D eigenvalue weighted by Gasteiger charge is -2.49. The highest BCUT2D eigenvalue weighted by Gasteiger charge is 2.54. The van der Waals surface area contributed by atoms with Crippen molar-refractivity contribution in [1.29, 1.82) is 0 Å². The van der Waals surface area contributed by atoms with Crippen LogP contribution in [0.5, 0.6) is 0 Å². The molecule has 2 aliphatic rings. The number of aliphatic carboxylic acids is 1. The average molecular weight is 407 g/mol. The topological polar surface area (TPSA) is 135 Å². The van der Waals surface area contributed by atoms with Gasteiger partial charge < -0.3 is 19.7 Å². The number of nitrogens with one attached hydrogen (secondary N) is 1. The zero-order valence-corrected chi connectivity index (χ0v) is 15.6. The van der Waals surface area contributed by atoms with E-state index < -0.39 is 35.2 Å². The van der Waals surface area contributed by atoms with E-state index in [1.807, 2.05) is 0 Å². The van der Waals surface area contributed by atoms with Crippen molar-refractivity contribution in [2.45, 2.75) is 24.9 Å². The molecular weight excluding hydrogens is 390 g/mol. The third kappa shape index (κ3) is 3.65. The molecule has 2 aliphatic heterocycles. The van der Waals surface area contributed by atoms with Gasteiger partial charge in [-0.3, -0.25) is 24.1 Å². The first-order valence-corrected chi connectivity index (χ1v) is 9.31. The predicted molar refractivity (Wildman–Crippen MR) is 96.1 cm³/mol.